The van der Waals surface area contributed by atoms with Crippen molar-refractivity contribution in [2.75, 3.05) is 0 Å². The number of tetrazole rings is 1. The van der Waals surface area contributed by atoms with Crippen molar-refractivity contribution in [3.63, 3.8) is 0 Å². The molecule has 1 heterocycles. The lowest BCUT2D eigenvalue weighted by Crippen LogP contribution is -2.15. The zero-order valence-corrected chi connectivity index (χ0v) is 11.0. The molecule has 106 valence electrons. The van der Waals surface area contributed by atoms with Crippen LogP contribution in [0.1, 0.15) is 24.7 Å². The maximum absolute atomic E-state index is 12.8. The van der Waals surface area contributed by atoms with E-state index in [2.05, 4.69) is 15.5 Å². The van der Waals surface area contributed by atoms with Crippen LogP contribution in [0.25, 0.3) is 0 Å². The average molecular weight is 278 g/mol. The van der Waals surface area contributed by atoms with Crippen molar-refractivity contribution in [3.05, 3.63) is 41.5 Å². The maximum atomic E-state index is 12.8. The predicted octanol–water partition coefficient (Wildman–Crippen LogP) is 1.51. The third kappa shape index (κ3) is 3.84. The van der Waals surface area contributed by atoms with Crippen LogP contribution in [0.5, 0.6) is 0 Å². The van der Waals surface area contributed by atoms with E-state index in [0.717, 1.165) is 5.56 Å². The quantitative estimate of drug-likeness (QED) is 0.866. The number of carbonyl (C=O) groups is 1. The molecule has 1 N–H and O–H groups in total. The van der Waals surface area contributed by atoms with E-state index in [1.807, 2.05) is 6.92 Å². The number of aliphatic carboxylic acids is 1. The molecule has 1 atom stereocenters. The molecule has 0 bridgehead atoms. The second-order valence-corrected chi connectivity index (χ2v) is 4.78. The van der Waals surface area contributed by atoms with Crippen molar-refractivity contribution >= 4 is 5.97 Å². The molecule has 7 heteroatoms. The molecule has 1 aromatic heterocycles. The van der Waals surface area contributed by atoms with Crippen LogP contribution in [0.15, 0.2) is 24.3 Å². The van der Waals surface area contributed by atoms with Gasteiger partial charge in [0, 0.05) is 19.4 Å². The van der Waals surface area contributed by atoms with Gasteiger partial charge in [-0.3, -0.25) is 4.79 Å². The molecule has 1 aromatic carbocycles. The molecule has 0 radical (unpaired) electrons. The second kappa shape index (κ2) is 6.23. The smallest absolute Gasteiger partial charge is 0.303 e. The fourth-order valence-corrected chi connectivity index (χ4v) is 1.93. The normalized spacial score (nSPS) is 12.3. The maximum Gasteiger partial charge on any atom is 0.303 e. The van der Waals surface area contributed by atoms with Crippen LogP contribution in [0, 0.1) is 11.7 Å². The second-order valence-electron chi connectivity index (χ2n) is 4.78. The van der Waals surface area contributed by atoms with Crippen LogP contribution in [0.2, 0.25) is 0 Å². The first-order valence-electron chi connectivity index (χ1n) is 6.26. The van der Waals surface area contributed by atoms with Crippen molar-refractivity contribution in [2.45, 2.75) is 26.3 Å². The van der Waals surface area contributed by atoms with E-state index >= 15 is 0 Å². The zero-order valence-electron chi connectivity index (χ0n) is 11.0. The Labute approximate surface area is 115 Å². The standard InChI is InChI=1S/C13H15FN4O2/c1-9(6-13(19)20)8-18-12(15-16-17-18)7-10-2-4-11(14)5-3-10/h2-5,9H,6-8H2,1H3,(H,19,20). The summed E-state index contributed by atoms with van der Waals surface area (Å²) in [5.74, 6) is -0.564. The van der Waals surface area contributed by atoms with Crippen LogP contribution in [-0.2, 0) is 17.8 Å². The molecular formula is C13H15FN4O2. The van der Waals surface area contributed by atoms with E-state index in [9.17, 15) is 9.18 Å². The lowest BCUT2D eigenvalue weighted by atomic mass is 10.1. The van der Waals surface area contributed by atoms with Gasteiger partial charge in [-0.15, -0.1) is 5.10 Å². The molecule has 2 aromatic rings. The van der Waals surface area contributed by atoms with E-state index < -0.39 is 5.97 Å². The number of aromatic nitrogens is 4. The van der Waals surface area contributed by atoms with Gasteiger partial charge in [0.1, 0.15) is 5.82 Å². The largest absolute Gasteiger partial charge is 0.481 e. The number of benzene rings is 1. The summed E-state index contributed by atoms with van der Waals surface area (Å²) in [6.45, 7) is 2.27. The third-order valence-electron chi connectivity index (χ3n) is 2.89. The average Bonchev–Trinajstić information content (AvgIpc) is 2.78. The molecule has 0 aliphatic heterocycles. The van der Waals surface area contributed by atoms with Gasteiger partial charge in [-0.25, -0.2) is 9.07 Å². The van der Waals surface area contributed by atoms with E-state index in [1.165, 1.54) is 12.1 Å². The summed E-state index contributed by atoms with van der Waals surface area (Å²) in [6.07, 6.45) is 0.545. The Kier molecular flexibility index (Phi) is 4.39. The summed E-state index contributed by atoms with van der Waals surface area (Å²) in [7, 11) is 0. The number of carboxylic acid groups (broad SMARTS) is 1. The monoisotopic (exact) mass is 278 g/mol. The van der Waals surface area contributed by atoms with Crippen molar-refractivity contribution in [1.29, 1.82) is 0 Å². The van der Waals surface area contributed by atoms with Gasteiger partial charge >= 0.3 is 5.97 Å². The predicted molar refractivity (Wildman–Crippen MR) is 68.4 cm³/mol. The topological polar surface area (TPSA) is 80.9 Å². The lowest BCUT2D eigenvalue weighted by Gasteiger charge is -2.09. The highest BCUT2D eigenvalue weighted by atomic mass is 19.1. The lowest BCUT2D eigenvalue weighted by molar-refractivity contribution is -0.138. The number of hydrogen-bond donors (Lipinski definition) is 1. The number of nitrogens with zero attached hydrogens (tertiary/aromatic N) is 4. The van der Waals surface area contributed by atoms with Crippen LogP contribution >= 0.6 is 0 Å². The van der Waals surface area contributed by atoms with Crippen LogP contribution in [0.4, 0.5) is 4.39 Å². The van der Waals surface area contributed by atoms with Gasteiger partial charge in [0.25, 0.3) is 0 Å². The van der Waals surface area contributed by atoms with Gasteiger partial charge in [-0.2, -0.15) is 0 Å². The molecule has 20 heavy (non-hydrogen) atoms. The minimum Gasteiger partial charge on any atom is -0.481 e. The fraction of sp³-hybridized carbons (Fsp3) is 0.385. The fourth-order valence-electron chi connectivity index (χ4n) is 1.93. The molecule has 0 fully saturated rings. The molecule has 6 nitrogen and oxygen atoms in total. The highest BCUT2D eigenvalue weighted by molar-refractivity contribution is 5.66. The molecule has 0 amide bonds. The Morgan fingerprint density at radius 3 is 2.75 bits per heavy atom. The Bertz CT molecular complexity index is 582. The number of carboxylic acids is 1. The summed E-state index contributed by atoms with van der Waals surface area (Å²) in [5.41, 5.74) is 0.897. The summed E-state index contributed by atoms with van der Waals surface area (Å²) >= 11 is 0. The Morgan fingerprint density at radius 2 is 2.10 bits per heavy atom. The SMILES string of the molecule is CC(CC(=O)O)Cn1nnnc1Cc1ccc(F)cc1. The van der Waals surface area contributed by atoms with Gasteiger partial charge in [-0.05, 0) is 34.0 Å². The van der Waals surface area contributed by atoms with Crippen LogP contribution in [-0.4, -0.2) is 31.3 Å². The Balaban J connectivity index is 2.04. The summed E-state index contributed by atoms with van der Waals surface area (Å²) in [6, 6.07) is 6.12. The molecule has 0 spiro atoms. The Hall–Kier alpha value is -2.31. The van der Waals surface area contributed by atoms with E-state index in [1.54, 1.807) is 16.8 Å². The molecule has 2 rings (SSSR count). The highest BCUT2D eigenvalue weighted by Crippen LogP contribution is 2.10. The minimum atomic E-state index is -0.842. The van der Waals surface area contributed by atoms with Gasteiger partial charge < -0.3 is 5.11 Å². The van der Waals surface area contributed by atoms with Crippen molar-refractivity contribution in [2.24, 2.45) is 5.92 Å². The molecule has 0 saturated heterocycles. The minimum absolute atomic E-state index is 0.0653. The van der Waals surface area contributed by atoms with Gasteiger partial charge in [0.15, 0.2) is 5.82 Å². The molecular weight excluding hydrogens is 263 g/mol. The Morgan fingerprint density at radius 1 is 1.40 bits per heavy atom. The highest BCUT2D eigenvalue weighted by Gasteiger charge is 2.13. The zero-order chi connectivity index (χ0) is 14.5. The van der Waals surface area contributed by atoms with Crippen LogP contribution < -0.4 is 0 Å². The number of halogens is 1. The molecule has 0 saturated carbocycles. The van der Waals surface area contributed by atoms with Gasteiger partial charge in [-0.1, -0.05) is 19.1 Å². The third-order valence-corrected chi connectivity index (χ3v) is 2.89. The van der Waals surface area contributed by atoms with Crippen molar-refractivity contribution in [1.82, 2.24) is 20.2 Å². The van der Waals surface area contributed by atoms with E-state index in [4.69, 9.17) is 5.11 Å². The van der Waals surface area contributed by atoms with Crippen molar-refractivity contribution in [3.8, 4) is 0 Å². The van der Waals surface area contributed by atoms with Gasteiger partial charge in [0.2, 0.25) is 0 Å². The first-order valence-corrected chi connectivity index (χ1v) is 6.26. The summed E-state index contributed by atoms with van der Waals surface area (Å²) < 4.78 is 14.4. The summed E-state index contributed by atoms with van der Waals surface area (Å²) in [4.78, 5) is 10.6. The van der Waals surface area contributed by atoms with Crippen LogP contribution in [0.3, 0.4) is 0 Å². The molecule has 0 aliphatic carbocycles. The first-order chi connectivity index (χ1) is 9.54. The van der Waals surface area contributed by atoms with E-state index in [-0.39, 0.29) is 18.2 Å². The number of rotatable bonds is 6. The van der Waals surface area contributed by atoms with E-state index in [0.29, 0.717) is 18.8 Å². The van der Waals surface area contributed by atoms with Crippen molar-refractivity contribution < 1.29 is 14.3 Å². The molecule has 1 unspecified atom stereocenters. The molecule has 0 aliphatic rings. The summed E-state index contributed by atoms with van der Waals surface area (Å²) in [5, 5.41) is 20.1. The number of hydrogen-bond acceptors (Lipinski definition) is 4. The first kappa shape index (κ1) is 14.1. The van der Waals surface area contributed by atoms with Gasteiger partial charge in [0.05, 0.1) is 0 Å².